The van der Waals surface area contributed by atoms with Crippen LogP contribution in [0.3, 0.4) is 0 Å². The van der Waals surface area contributed by atoms with Crippen molar-refractivity contribution >= 4 is 5.91 Å². The first-order valence-electron chi connectivity index (χ1n) is 9.37. The minimum Gasteiger partial charge on any atom is -0.396 e. The van der Waals surface area contributed by atoms with Gasteiger partial charge in [-0.25, -0.2) is 0 Å². The molecule has 1 atom stereocenters. The third-order valence-corrected chi connectivity index (χ3v) is 5.64. The summed E-state index contributed by atoms with van der Waals surface area (Å²) < 4.78 is 5.19. The lowest BCUT2D eigenvalue weighted by Gasteiger charge is -2.42. The first-order valence-corrected chi connectivity index (χ1v) is 9.37. The maximum Gasteiger partial charge on any atom is 0.223 e. The van der Waals surface area contributed by atoms with Crippen molar-refractivity contribution in [1.29, 1.82) is 0 Å². The Morgan fingerprint density at radius 2 is 2.00 bits per heavy atom. The van der Waals surface area contributed by atoms with Gasteiger partial charge >= 0.3 is 0 Å². The third-order valence-electron chi connectivity index (χ3n) is 5.64. The second-order valence-corrected chi connectivity index (χ2v) is 7.57. The summed E-state index contributed by atoms with van der Waals surface area (Å²) in [4.78, 5) is 19.4. The van der Waals surface area contributed by atoms with E-state index in [9.17, 15) is 9.90 Å². The first kappa shape index (κ1) is 19.6. The van der Waals surface area contributed by atoms with Crippen molar-refractivity contribution in [1.82, 2.24) is 14.7 Å². The molecule has 140 valence electrons. The van der Waals surface area contributed by atoms with Crippen molar-refractivity contribution in [3.8, 4) is 0 Å². The van der Waals surface area contributed by atoms with Gasteiger partial charge in [0.1, 0.15) is 0 Å². The van der Waals surface area contributed by atoms with Crippen LogP contribution in [-0.2, 0) is 9.53 Å². The van der Waals surface area contributed by atoms with Crippen LogP contribution in [-0.4, -0.2) is 98.9 Å². The number of aliphatic hydroxyl groups excluding tert-OH is 1. The molecule has 2 saturated heterocycles. The molecule has 2 aliphatic heterocycles. The highest BCUT2D eigenvalue weighted by molar-refractivity contribution is 5.76. The van der Waals surface area contributed by atoms with Gasteiger partial charge in [0.25, 0.3) is 0 Å². The number of likely N-dealkylation sites (N-methyl/N-ethyl adjacent to an activating group) is 1. The summed E-state index contributed by atoms with van der Waals surface area (Å²) in [5.41, 5.74) is -0.171. The minimum absolute atomic E-state index is 0.137. The van der Waals surface area contributed by atoms with Crippen LogP contribution < -0.4 is 0 Å². The molecule has 2 aliphatic rings. The second kappa shape index (κ2) is 9.70. The van der Waals surface area contributed by atoms with Crippen LogP contribution in [0.1, 0.15) is 32.1 Å². The van der Waals surface area contributed by atoms with E-state index in [-0.39, 0.29) is 17.9 Å². The van der Waals surface area contributed by atoms with Crippen molar-refractivity contribution in [3.05, 3.63) is 0 Å². The van der Waals surface area contributed by atoms with Gasteiger partial charge in [0.15, 0.2) is 0 Å². The smallest absolute Gasteiger partial charge is 0.223 e. The molecule has 0 aromatic heterocycles. The van der Waals surface area contributed by atoms with E-state index in [1.807, 2.05) is 4.90 Å². The topological polar surface area (TPSA) is 56.3 Å². The molecule has 6 nitrogen and oxygen atoms in total. The minimum atomic E-state index is -0.171. The summed E-state index contributed by atoms with van der Waals surface area (Å²) >= 11 is 0. The molecule has 0 aromatic carbocycles. The highest BCUT2D eigenvalue weighted by Gasteiger charge is 2.36. The van der Waals surface area contributed by atoms with Crippen LogP contribution in [0, 0.1) is 5.41 Å². The van der Waals surface area contributed by atoms with Crippen LogP contribution >= 0.6 is 0 Å². The Kier molecular flexibility index (Phi) is 7.94. The van der Waals surface area contributed by atoms with Gasteiger partial charge in [-0.05, 0) is 45.8 Å². The lowest BCUT2D eigenvalue weighted by atomic mass is 9.78. The molecule has 2 heterocycles. The number of carbonyl (C=O) groups is 1. The van der Waals surface area contributed by atoms with E-state index in [0.717, 1.165) is 58.5 Å². The zero-order valence-corrected chi connectivity index (χ0v) is 15.5. The third kappa shape index (κ3) is 5.69. The zero-order chi connectivity index (χ0) is 17.4. The number of hydrogen-bond donors (Lipinski definition) is 1. The summed E-state index contributed by atoms with van der Waals surface area (Å²) in [5.74, 6) is 0.238. The first-order chi connectivity index (χ1) is 11.6. The van der Waals surface area contributed by atoms with Gasteiger partial charge in [0.05, 0.1) is 6.61 Å². The molecule has 1 N–H and O–H groups in total. The molecule has 0 saturated carbocycles. The van der Waals surface area contributed by atoms with Crippen molar-refractivity contribution in [3.63, 3.8) is 0 Å². The quantitative estimate of drug-likeness (QED) is 0.737. The second-order valence-electron chi connectivity index (χ2n) is 7.57. The Hall–Kier alpha value is -0.690. The lowest BCUT2D eigenvalue weighted by molar-refractivity contribution is -0.136. The Bertz CT molecular complexity index is 394. The molecule has 2 rings (SSSR count). The van der Waals surface area contributed by atoms with Crippen LogP contribution in [0.4, 0.5) is 0 Å². The van der Waals surface area contributed by atoms with Gasteiger partial charge < -0.3 is 24.5 Å². The number of likely N-dealkylation sites (tertiary alicyclic amines) is 1. The van der Waals surface area contributed by atoms with Gasteiger partial charge in [-0.3, -0.25) is 4.79 Å². The van der Waals surface area contributed by atoms with Crippen molar-refractivity contribution < 1.29 is 14.6 Å². The van der Waals surface area contributed by atoms with Crippen LogP contribution in [0.25, 0.3) is 0 Å². The number of amides is 1. The molecule has 2 fully saturated rings. The lowest BCUT2D eigenvalue weighted by Crippen LogP contribution is -2.49. The summed E-state index contributed by atoms with van der Waals surface area (Å²) in [6.07, 6.45) is 4.55. The number of nitrogens with zero attached hydrogens (tertiary/aromatic N) is 3. The Morgan fingerprint density at radius 1 is 1.17 bits per heavy atom. The Labute approximate surface area is 146 Å². The summed E-state index contributed by atoms with van der Waals surface area (Å²) in [5, 5.41) is 9.85. The van der Waals surface area contributed by atoms with Crippen molar-refractivity contribution in [2.45, 2.75) is 32.1 Å². The van der Waals surface area contributed by atoms with Crippen molar-refractivity contribution in [2.75, 3.05) is 73.2 Å². The fraction of sp³-hybridized carbons (Fsp3) is 0.944. The molecule has 0 aromatic rings. The van der Waals surface area contributed by atoms with Crippen LogP contribution in [0.5, 0.6) is 0 Å². The Morgan fingerprint density at radius 3 is 2.75 bits per heavy atom. The van der Waals surface area contributed by atoms with E-state index in [1.165, 1.54) is 6.42 Å². The van der Waals surface area contributed by atoms with Gasteiger partial charge in [-0.15, -0.1) is 0 Å². The molecule has 0 spiro atoms. The molecule has 1 amide bonds. The zero-order valence-electron chi connectivity index (χ0n) is 15.5. The number of hydrogen-bond acceptors (Lipinski definition) is 5. The van der Waals surface area contributed by atoms with E-state index >= 15 is 0 Å². The van der Waals surface area contributed by atoms with Crippen LogP contribution in [0.2, 0.25) is 0 Å². The normalized spacial score (nSPS) is 27.2. The highest BCUT2D eigenvalue weighted by atomic mass is 16.5. The largest absolute Gasteiger partial charge is 0.396 e. The summed E-state index contributed by atoms with van der Waals surface area (Å²) in [7, 11) is 3.85. The van der Waals surface area contributed by atoms with Gasteiger partial charge in [0.2, 0.25) is 5.91 Å². The standard InChI is InChI=1S/C18H35N3O3/c1-19-8-4-9-20(13-12-19)11-5-17(23)21-10-3-6-18(15-21,16-22)7-14-24-2/h22H,3-16H2,1-2H3. The monoisotopic (exact) mass is 341 g/mol. The van der Waals surface area contributed by atoms with Gasteiger partial charge in [0, 0.05) is 58.3 Å². The van der Waals surface area contributed by atoms with E-state index in [1.54, 1.807) is 7.11 Å². The number of methoxy groups -OCH3 is 1. The number of rotatable bonds is 7. The maximum atomic E-state index is 12.6. The SMILES string of the molecule is COCCC1(CO)CCCN(C(=O)CCN2CCCN(C)CC2)C1. The molecular weight excluding hydrogens is 306 g/mol. The van der Waals surface area contributed by atoms with Crippen LogP contribution in [0.15, 0.2) is 0 Å². The number of ether oxygens (including phenoxy) is 1. The molecule has 0 aliphatic carbocycles. The maximum absolute atomic E-state index is 12.6. The average Bonchev–Trinajstić information content (AvgIpc) is 2.82. The molecule has 1 unspecified atom stereocenters. The van der Waals surface area contributed by atoms with Gasteiger partial charge in [-0.2, -0.15) is 0 Å². The van der Waals surface area contributed by atoms with E-state index in [0.29, 0.717) is 19.6 Å². The fourth-order valence-electron chi connectivity index (χ4n) is 3.89. The number of aliphatic hydroxyl groups is 1. The molecule has 6 heteroatoms. The van der Waals surface area contributed by atoms with Gasteiger partial charge in [-0.1, -0.05) is 0 Å². The van der Waals surface area contributed by atoms with Crippen molar-refractivity contribution in [2.24, 2.45) is 5.41 Å². The number of piperidine rings is 1. The summed E-state index contributed by atoms with van der Waals surface area (Å²) in [6.45, 7) is 7.52. The van der Waals surface area contributed by atoms with E-state index in [4.69, 9.17) is 4.74 Å². The summed E-state index contributed by atoms with van der Waals surface area (Å²) in [6, 6.07) is 0. The number of carbonyl (C=O) groups excluding carboxylic acids is 1. The molecule has 0 radical (unpaired) electrons. The predicted molar refractivity (Wildman–Crippen MR) is 95.0 cm³/mol. The predicted octanol–water partition coefficient (Wildman–Crippen LogP) is 0.652. The van der Waals surface area contributed by atoms with E-state index in [2.05, 4.69) is 16.8 Å². The molecule has 0 bridgehead atoms. The fourth-order valence-corrected chi connectivity index (χ4v) is 3.89. The molecule has 24 heavy (non-hydrogen) atoms. The van der Waals surface area contributed by atoms with E-state index < -0.39 is 0 Å². The molecular formula is C18H35N3O3. The Balaban J connectivity index is 1.80. The average molecular weight is 341 g/mol. The highest BCUT2D eigenvalue weighted by Crippen LogP contribution is 2.33.